The summed E-state index contributed by atoms with van der Waals surface area (Å²) >= 11 is 6.07. The normalized spacial score (nSPS) is 20.3. The van der Waals surface area contributed by atoms with Crippen LogP contribution in [-0.4, -0.2) is 15.0 Å². The molecule has 1 aliphatic carbocycles. The SMILES string of the molecule is Clc1ccc2[nH]c(C[C@H]3CC[C@H](c4ccc5ncccc5c4)CC3)nc2c1. The molecule has 2 aromatic carbocycles. The quantitative estimate of drug-likeness (QED) is 0.457. The number of aromatic amines is 1. The van der Waals surface area contributed by atoms with Gasteiger partial charge in [-0.05, 0) is 79.5 Å². The Morgan fingerprint density at radius 1 is 0.963 bits per heavy atom. The standard InChI is InChI=1S/C23H22ClN3/c24-19-8-10-21-22(14-19)27-23(26-21)12-15-3-5-16(6-4-15)17-7-9-20-18(13-17)2-1-11-25-20/h1-2,7-11,13-16H,3-6,12H2,(H,26,27)/t15-,16-. The maximum absolute atomic E-state index is 6.07. The molecule has 1 N–H and O–H groups in total. The van der Waals surface area contributed by atoms with E-state index in [4.69, 9.17) is 16.6 Å². The van der Waals surface area contributed by atoms with Crippen LogP contribution in [0.25, 0.3) is 21.9 Å². The minimum Gasteiger partial charge on any atom is -0.342 e. The molecule has 1 fully saturated rings. The third-order valence-corrected chi connectivity index (χ3v) is 6.16. The van der Waals surface area contributed by atoms with E-state index in [1.54, 1.807) is 0 Å². The van der Waals surface area contributed by atoms with E-state index in [-0.39, 0.29) is 0 Å². The zero-order chi connectivity index (χ0) is 18.2. The monoisotopic (exact) mass is 375 g/mol. The third kappa shape index (κ3) is 3.44. The predicted octanol–water partition coefficient (Wildman–Crippen LogP) is 6.28. The third-order valence-electron chi connectivity index (χ3n) is 5.92. The Morgan fingerprint density at radius 2 is 1.85 bits per heavy atom. The van der Waals surface area contributed by atoms with Gasteiger partial charge < -0.3 is 4.98 Å². The second kappa shape index (κ2) is 6.97. The first-order valence-corrected chi connectivity index (χ1v) is 10.1. The Balaban J connectivity index is 1.26. The Kier molecular flexibility index (Phi) is 4.33. The first-order valence-electron chi connectivity index (χ1n) is 9.73. The van der Waals surface area contributed by atoms with Crippen molar-refractivity contribution in [2.75, 3.05) is 0 Å². The fourth-order valence-corrected chi connectivity index (χ4v) is 4.62. The number of H-pyrrole nitrogens is 1. The molecule has 2 heterocycles. The van der Waals surface area contributed by atoms with Crippen molar-refractivity contribution in [1.29, 1.82) is 0 Å². The molecular weight excluding hydrogens is 354 g/mol. The lowest BCUT2D eigenvalue weighted by molar-refractivity contribution is 0.321. The Labute approximate surface area is 163 Å². The molecule has 0 saturated heterocycles. The van der Waals surface area contributed by atoms with Gasteiger partial charge in [0.2, 0.25) is 0 Å². The average molecular weight is 376 g/mol. The van der Waals surface area contributed by atoms with Gasteiger partial charge in [0.05, 0.1) is 16.6 Å². The summed E-state index contributed by atoms with van der Waals surface area (Å²) in [4.78, 5) is 12.6. The van der Waals surface area contributed by atoms with Crippen LogP contribution in [0.3, 0.4) is 0 Å². The van der Waals surface area contributed by atoms with Crippen LogP contribution < -0.4 is 0 Å². The summed E-state index contributed by atoms with van der Waals surface area (Å²) in [6.07, 6.45) is 7.91. The molecule has 0 spiro atoms. The van der Waals surface area contributed by atoms with E-state index in [9.17, 15) is 0 Å². The highest BCUT2D eigenvalue weighted by molar-refractivity contribution is 6.31. The van der Waals surface area contributed by atoms with Crippen molar-refractivity contribution in [2.45, 2.75) is 38.0 Å². The van der Waals surface area contributed by atoms with Crippen LogP contribution in [0.2, 0.25) is 5.02 Å². The number of benzene rings is 2. The van der Waals surface area contributed by atoms with Gasteiger partial charge >= 0.3 is 0 Å². The van der Waals surface area contributed by atoms with Gasteiger partial charge in [0.15, 0.2) is 0 Å². The second-order valence-corrected chi connectivity index (χ2v) is 8.16. The number of hydrogen-bond donors (Lipinski definition) is 1. The minimum absolute atomic E-state index is 0.667. The van der Waals surface area contributed by atoms with E-state index in [1.807, 2.05) is 30.5 Å². The first kappa shape index (κ1) is 16.8. The van der Waals surface area contributed by atoms with Gasteiger partial charge in [0, 0.05) is 23.0 Å². The number of aromatic nitrogens is 3. The van der Waals surface area contributed by atoms with Crippen molar-refractivity contribution < 1.29 is 0 Å². The van der Waals surface area contributed by atoms with Crippen LogP contribution >= 0.6 is 11.6 Å². The zero-order valence-electron chi connectivity index (χ0n) is 15.2. The van der Waals surface area contributed by atoms with E-state index < -0.39 is 0 Å². The maximum Gasteiger partial charge on any atom is 0.107 e. The highest BCUT2D eigenvalue weighted by Gasteiger charge is 2.23. The van der Waals surface area contributed by atoms with Crippen LogP contribution in [0, 0.1) is 5.92 Å². The molecule has 3 nitrogen and oxygen atoms in total. The molecule has 5 rings (SSSR count). The summed E-state index contributed by atoms with van der Waals surface area (Å²) in [6, 6.07) is 16.8. The van der Waals surface area contributed by atoms with Gasteiger partial charge in [-0.1, -0.05) is 23.7 Å². The molecular formula is C23H22ClN3. The smallest absolute Gasteiger partial charge is 0.107 e. The van der Waals surface area contributed by atoms with E-state index in [0.717, 1.165) is 33.8 Å². The van der Waals surface area contributed by atoms with Crippen LogP contribution in [0.5, 0.6) is 0 Å². The van der Waals surface area contributed by atoms with Gasteiger partial charge in [-0.15, -0.1) is 0 Å². The van der Waals surface area contributed by atoms with Crippen LogP contribution in [0.4, 0.5) is 0 Å². The first-order chi connectivity index (χ1) is 13.2. The summed E-state index contributed by atoms with van der Waals surface area (Å²) in [5.74, 6) is 2.47. The molecule has 2 aromatic heterocycles. The number of nitrogens with one attached hydrogen (secondary N) is 1. The molecule has 1 saturated carbocycles. The number of hydrogen-bond acceptors (Lipinski definition) is 2. The summed E-state index contributed by atoms with van der Waals surface area (Å²) in [5.41, 5.74) is 4.59. The molecule has 136 valence electrons. The van der Waals surface area contributed by atoms with Crippen LogP contribution in [-0.2, 0) is 6.42 Å². The van der Waals surface area contributed by atoms with Crippen molar-refractivity contribution >= 4 is 33.5 Å². The minimum atomic E-state index is 0.667. The van der Waals surface area contributed by atoms with Gasteiger partial charge in [0.1, 0.15) is 5.82 Å². The van der Waals surface area contributed by atoms with Gasteiger partial charge in [-0.2, -0.15) is 0 Å². The summed E-state index contributed by atoms with van der Waals surface area (Å²) in [7, 11) is 0. The highest BCUT2D eigenvalue weighted by atomic mass is 35.5. The highest BCUT2D eigenvalue weighted by Crippen LogP contribution is 2.37. The molecule has 0 unspecified atom stereocenters. The molecule has 0 aliphatic heterocycles. The Bertz CT molecular complexity index is 1090. The summed E-state index contributed by atoms with van der Waals surface area (Å²) in [5, 5.41) is 1.99. The lowest BCUT2D eigenvalue weighted by Crippen LogP contribution is -2.15. The molecule has 27 heavy (non-hydrogen) atoms. The van der Waals surface area contributed by atoms with E-state index in [0.29, 0.717) is 11.8 Å². The number of rotatable bonds is 3. The molecule has 4 aromatic rings. The number of imidazole rings is 1. The fraction of sp³-hybridized carbons (Fsp3) is 0.304. The molecule has 0 atom stereocenters. The second-order valence-electron chi connectivity index (χ2n) is 7.72. The van der Waals surface area contributed by atoms with Crippen LogP contribution in [0.1, 0.15) is 43.0 Å². The molecule has 1 aliphatic rings. The Morgan fingerprint density at radius 3 is 2.74 bits per heavy atom. The largest absolute Gasteiger partial charge is 0.342 e. The van der Waals surface area contributed by atoms with Crippen molar-refractivity contribution in [3.8, 4) is 0 Å². The maximum atomic E-state index is 6.07. The topological polar surface area (TPSA) is 41.6 Å². The van der Waals surface area contributed by atoms with Crippen molar-refractivity contribution in [2.24, 2.45) is 5.92 Å². The van der Waals surface area contributed by atoms with E-state index >= 15 is 0 Å². The number of nitrogens with zero attached hydrogens (tertiary/aromatic N) is 2. The summed E-state index contributed by atoms with van der Waals surface area (Å²) < 4.78 is 0. The zero-order valence-corrected chi connectivity index (χ0v) is 15.9. The van der Waals surface area contributed by atoms with Gasteiger partial charge in [-0.25, -0.2) is 4.98 Å². The summed E-state index contributed by atoms with van der Waals surface area (Å²) in [6.45, 7) is 0. The number of fused-ring (bicyclic) bond motifs is 2. The molecule has 0 radical (unpaired) electrons. The predicted molar refractivity (Wildman–Crippen MR) is 111 cm³/mol. The van der Waals surface area contributed by atoms with Crippen LogP contribution in [0.15, 0.2) is 54.7 Å². The van der Waals surface area contributed by atoms with Gasteiger partial charge in [-0.3, -0.25) is 4.98 Å². The lowest BCUT2D eigenvalue weighted by Gasteiger charge is -2.28. The van der Waals surface area contributed by atoms with E-state index in [2.05, 4.69) is 34.2 Å². The van der Waals surface area contributed by atoms with E-state index in [1.165, 1.54) is 36.6 Å². The molecule has 0 amide bonds. The lowest BCUT2D eigenvalue weighted by atomic mass is 9.77. The molecule has 4 heteroatoms. The van der Waals surface area contributed by atoms with Crippen molar-refractivity contribution in [3.05, 3.63) is 71.1 Å². The van der Waals surface area contributed by atoms with Crippen molar-refractivity contribution in [1.82, 2.24) is 15.0 Å². The Hall–Kier alpha value is -2.39. The van der Waals surface area contributed by atoms with Gasteiger partial charge in [0.25, 0.3) is 0 Å². The number of halogens is 1. The number of pyridine rings is 1. The van der Waals surface area contributed by atoms with Crippen molar-refractivity contribution in [3.63, 3.8) is 0 Å². The average Bonchev–Trinajstić information content (AvgIpc) is 3.09. The fourth-order valence-electron chi connectivity index (χ4n) is 4.45. The molecule has 0 bridgehead atoms.